The summed E-state index contributed by atoms with van der Waals surface area (Å²) in [5.41, 5.74) is 1.36. The second-order valence-electron chi connectivity index (χ2n) is 4.01. The molecule has 1 aromatic carbocycles. The number of aromatic carboxylic acids is 1. The van der Waals surface area contributed by atoms with Crippen LogP contribution < -0.4 is 4.74 Å². The fraction of sp³-hybridized carbons (Fsp3) is 0.231. The third kappa shape index (κ3) is 2.06. The summed E-state index contributed by atoms with van der Waals surface area (Å²) in [6, 6.07) is 4.55. The molecule has 0 saturated heterocycles. The zero-order chi connectivity index (χ0) is 12.6. The molecule has 0 aliphatic carbocycles. The number of carboxylic acid groups (broad SMARTS) is 1. The molecule has 0 spiro atoms. The molecule has 0 fully saturated rings. The highest BCUT2D eigenvalue weighted by molar-refractivity contribution is 5.98. The van der Waals surface area contributed by atoms with Crippen LogP contribution in [0.1, 0.15) is 29.8 Å². The molecule has 0 bridgehead atoms. The van der Waals surface area contributed by atoms with E-state index in [0.717, 1.165) is 0 Å². The highest BCUT2D eigenvalue weighted by Crippen LogP contribution is 2.28. The first kappa shape index (κ1) is 11.4. The average molecular weight is 232 g/mol. The highest BCUT2D eigenvalue weighted by Gasteiger charge is 2.20. The lowest BCUT2D eigenvalue weighted by Crippen LogP contribution is -2.04. The summed E-state index contributed by atoms with van der Waals surface area (Å²) in [7, 11) is 0. The fourth-order valence-corrected chi connectivity index (χ4v) is 1.69. The number of hydrogen-bond acceptors (Lipinski definition) is 3. The summed E-state index contributed by atoms with van der Waals surface area (Å²) in [6.07, 6.45) is 0.180. The van der Waals surface area contributed by atoms with Gasteiger partial charge in [-0.3, -0.25) is 4.79 Å². The van der Waals surface area contributed by atoms with E-state index in [-0.39, 0.29) is 17.8 Å². The van der Waals surface area contributed by atoms with Crippen molar-refractivity contribution in [1.29, 1.82) is 0 Å². The molecule has 0 atom stereocenters. The van der Waals surface area contributed by atoms with Crippen LogP contribution in [-0.4, -0.2) is 16.9 Å². The largest absolute Gasteiger partial charge is 0.478 e. The van der Waals surface area contributed by atoms with Crippen molar-refractivity contribution >= 4 is 11.8 Å². The molecular weight excluding hydrogens is 220 g/mol. The molecule has 1 aromatic rings. The number of fused-ring (bicyclic) bond motifs is 1. The number of hydrogen-bond donors (Lipinski definition) is 1. The topological polar surface area (TPSA) is 63.6 Å². The van der Waals surface area contributed by atoms with Crippen LogP contribution in [-0.2, 0) is 11.2 Å². The molecule has 4 heteroatoms. The van der Waals surface area contributed by atoms with Crippen molar-refractivity contribution in [3.05, 3.63) is 40.7 Å². The second kappa shape index (κ2) is 4.05. The Kier molecular flexibility index (Phi) is 2.71. The van der Waals surface area contributed by atoms with Crippen LogP contribution in [0.25, 0.3) is 0 Å². The third-order valence-corrected chi connectivity index (χ3v) is 2.87. The first-order valence-corrected chi connectivity index (χ1v) is 5.24. The van der Waals surface area contributed by atoms with Crippen molar-refractivity contribution < 1.29 is 19.4 Å². The van der Waals surface area contributed by atoms with Gasteiger partial charge in [0.1, 0.15) is 11.5 Å². The Morgan fingerprint density at radius 2 is 2.06 bits per heavy atom. The van der Waals surface area contributed by atoms with E-state index in [1.807, 2.05) is 0 Å². The van der Waals surface area contributed by atoms with E-state index in [9.17, 15) is 9.59 Å². The van der Waals surface area contributed by atoms with Crippen LogP contribution in [0.4, 0.5) is 0 Å². The molecule has 0 amide bonds. The quantitative estimate of drug-likeness (QED) is 0.806. The van der Waals surface area contributed by atoms with Gasteiger partial charge >= 0.3 is 5.97 Å². The molecular formula is C13H12O4. The summed E-state index contributed by atoms with van der Waals surface area (Å²) in [5.74, 6) is 0.0733. The van der Waals surface area contributed by atoms with E-state index in [4.69, 9.17) is 9.84 Å². The highest BCUT2D eigenvalue weighted by atomic mass is 16.5. The minimum absolute atomic E-state index is 0.0382. The summed E-state index contributed by atoms with van der Waals surface area (Å²) >= 11 is 0. The summed E-state index contributed by atoms with van der Waals surface area (Å²) in [5, 5.41) is 8.89. The Morgan fingerprint density at radius 1 is 1.35 bits per heavy atom. The van der Waals surface area contributed by atoms with Gasteiger partial charge in [-0.2, -0.15) is 0 Å². The van der Waals surface area contributed by atoms with E-state index in [0.29, 0.717) is 22.6 Å². The van der Waals surface area contributed by atoms with Gasteiger partial charge in [-0.15, -0.1) is 0 Å². The van der Waals surface area contributed by atoms with Gasteiger partial charge in [-0.05, 0) is 32.0 Å². The maximum absolute atomic E-state index is 11.8. The monoisotopic (exact) mass is 232 g/mol. The fourth-order valence-electron chi connectivity index (χ4n) is 1.69. The Labute approximate surface area is 98.5 Å². The van der Waals surface area contributed by atoms with Crippen molar-refractivity contribution in [3.8, 4) is 5.75 Å². The van der Waals surface area contributed by atoms with E-state index in [2.05, 4.69) is 0 Å². The number of Topliss-reactive ketones (excluding diaryl/α,β-unsaturated/α-hetero) is 1. The Morgan fingerprint density at radius 3 is 2.71 bits per heavy atom. The predicted octanol–water partition coefficient (Wildman–Crippen LogP) is 2.18. The first-order chi connectivity index (χ1) is 7.99. The second-order valence-corrected chi connectivity index (χ2v) is 4.01. The summed E-state index contributed by atoms with van der Waals surface area (Å²) in [4.78, 5) is 22.6. The van der Waals surface area contributed by atoms with Crippen LogP contribution in [0.2, 0.25) is 0 Å². The molecule has 0 unspecified atom stereocenters. The molecule has 17 heavy (non-hydrogen) atoms. The van der Waals surface area contributed by atoms with Gasteiger partial charge in [0.05, 0.1) is 5.56 Å². The number of rotatable bonds is 1. The van der Waals surface area contributed by atoms with Gasteiger partial charge in [0.15, 0.2) is 5.78 Å². The Hall–Kier alpha value is -2.10. The zero-order valence-corrected chi connectivity index (χ0v) is 9.61. The molecule has 1 aliphatic rings. The van der Waals surface area contributed by atoms with Crippen molar-refractivity contribution in [2.24, 2.45) is 0 Å². The van der Waals surface area contributed by atoms with Crippen LogP contribution >= 0.6 is 0 Å². The van der Waals surface area contributed by atoms with E-state index >= 15 is 0 Å². The van der Waals surface area contributed by atoms with Gasteiger partial charge < -0.3 is 9.84 Å². The van der Waals surface area contributed by atoms with Gasteiger partial charge in [-0.1, -0.05) is 0 Å². The van der Waals surface area contributed by atoms with Crippen LogP contribution in [0.15, 0.2) is 29.5 Å². The third-order valence-electron chi connectivity index (χ3n) is 2.87. The maximum Gasteiger partial charge on any atom is 0.335 e. The normalized spacial score (nSPS) is 15.1. The van der Waals surface area contributed by atoms with Gasteiger partial charge in [0.25, 0.3) is 0 Å². The minimum atomic E-state index is -1.01. The zero-order valence-electron chi connectivity index (χ0n) is 9.61. The Balaban J connectivity index is 2.49. The lowest BCUT2D eigenvalue weighted by molar-refractivity contribution is -0.115. The van der Waals surface area contributed by atoms with Crippen LogP contribution in [0.5, 0.6) is 5.75 Å². The van der Waals surface area contributed by atoms with Crippen LogP contribution in [0, 0.1) is 0 Å². The van der Waals surface area contributed by atoms with Gasteiger partial charge in [0.2, 0.25) is 0 Å². The van der Waals surface area contributed by atoms with E-state index in [1.54, 1.807) is 19.9 Å². The summed E-state index contributed by atoms with van der Waals surface area (Å²) < 4.78 is 5.54. The SMILES string of the molecule is CC1=C(C)C(=O)Cc2cc(C(=O)O)ccc2O1. The lowest BCUT2D eigenvalue weighted by atomic mass is 10.0. The van der Waals surface area contributed by atoms with E-state index < -0.39 is 5.97 Å². The molecule has 0 saturated carbocycles. The number of allylic oxidation sites excluding steroid dienone is 2. The van der Waals surface area contributed by atoms with Gasteiger partial charge in [0, 0.05) is 17.6 Å². The number of carbonyl (C=O) groups excluding carboxylic acids is 1. The molecule has 0 radical (unpaired) electrons. The molecule has 1 N–H and O–H groups in total. The number of ether oxygens (including phenoxy) is 1. The molecule has 1 heterocycles. The standard InChI is InChI=1S/C13H12O4/c1-7-8(2)17-12-4-3-9(13(15)16)5-10(12)6-11(7)14/h3-5H,6H2,1-2H3,(H,15,16). The molecule has 88 valence electrons. The van der Waals surface area contributed by atoms with E-state index in [1.165, 1.54) is 12.1 Å². The molecule has 2 rings (SSSR count). The number of carboxylic acids is 1. The maximum atomic E-state index is 11.8. The predicted molar refractivity (Wildman–Crippen MR) is 61.1 cm³/mol. The number of benzene rings is 1. The number of carbonyl (C=O) groups is 2. The molecule has 4 nitrogen and oxygen atoms in total. The smallest absolute Gasteiger partial charge is 0.335 e. The molecule has 0 aromatic heterocycles. The number of ketones is 1. The van der Waals surface area contributed by atoms with Crippen molar-refractivity contribution in [2.75, 3.05) is 0 Å². The lowest BCUT2D eigenvalue weighted by Gasteiger charge is -2.08. The van der Waals surface area contributed by atoms with Crippen molar-refractivity contribution in [1.82, 2.24) is 0 Å². The minimum Gasteiger partial charge on any atom is -0.478 e. The van der Waals surface area contributed by atoms with Crippen molar-refractivity contribution in [3.63, 3.8) is 0 Å². The molecule has 1 aliphatic heterocycles. The Bertz CT molecular complexity index is 540. The van der Waals surface area contributed by atoms with Crippen LogP contribution in [0.3, 0.4) is 0 Å². The average Bonchev–Trinajstić information content (AvgIpc) is 2.38. The first-order valence-electron chi connectivity index (χ1n) is 5.24. The van der Waals surface area contributed by atoms with Gasteiger partial charge in [-0.25, -0.2) is 4.79 Å². The van der Waals surface area contributed by atoms with Crippen molar-refractivity contribution in [2.45, 2.75) is 20.3 Å². The summed E-state index contributed by atoms with van der Waals surface area (Å²) in [6.45, 7) is 3.44.